The van der Waals surface area contributed by atoms with Gasteiger partial charge >= 0.3 is 5.97 Å². The fourth-order valence-electron chi connectivity index (χ4n) is 1.70. The number of rotatable bonds is 4. The van der Waals surface area contributed by atoms with Crippen molar-refractivity contribution in [1.82, 2.24) is 4.98 Å². The van der Waals surface area contributed by atoms with Crippen molar-refractivity contribution >= 4 is 11.8 Å². The monoisotopic (exact) mass is 258 g/mol. The second kappa shape index (κ2) is 5.39. The molecule has 2 aromatic rings. The van der Waals surface area contributed by atoms with Crippen molar-refractivity contribution in [3.05, 3.63) is 53.2 Å². The second-order valence-electron chi connectivity index (χ2n) is 4.10. The van der Waals surface area contributed by atoms with Gasteiger partial charge in [0.25, 0.3) is 0 Å². The standard InChI is InChI=1S/C14H14N2O3/c1-9-11(7-12(15)16-13(9)14(17)18)19-8-10-5-3-2-4-6-10/h2-7H,8H2,1H3,(H2,15,16)(H,17,18). The molecule has 0 fully saturated rings. The van der Waals surface area contributed by atoms with Crippen LogP contribution in [0.2, 0.25) is 0 Å². The minimum atomic E-state index is -1.12. The molecule has 0 spiro atoms. The average Bonchev–Trinajstić information content (AvgIpc) is 2.40. The van der Waals surface area contributed by atoms with E-state index in [1.165, 1.54) is 6.07 Å². The highest BCUT2D eigenvalue weighted by atomic mass is 16.5. The molecule has 1 aromatic heterocycles. The first-order chi connectivity index (χ1) is 9.08. The van der Waals surface area contributed by atoms with E-state index in [1.807, 2.05) is 30.3 Å². The minimum Gasteiger partial charge on any atom is -0.488 e. The summed E-state index contributed by atoms with van der Waals surface area (Å²) in [6, 6.07) is 11.1. The van der Waals surface area contributed by atoms with Gasteiger partial charge in [-0.15, -0.1) is 0 Å². The maximum Gasteiger partial charge on any atom is 0.354 e. The summed E-state index contributed by atoms with van der Waals surface area (Å²) < 4.78 is 5.61. The van der Waals surface area contributed by atoms with Crippen LogP contribution in [0, 0.1) is 6.92 Å². The van der Waals surface area contributed by atoms with Crippen molar-refractivity contribution in [3.63, 3.8) is 0 Å². The van der Waals surface area contributed by atoms with Crippen LogP contribution in [0.4, 0.5) is 5.82 Å². The van der Waals surface area contributed by atoms with Gasteiger partial charge in [0, 0.05) is 11.6 Å². The molecule has 0 atom stereocenters. The van der Waals surface area contributed by atoms with Crippen molar-refractivity contribution < 1.29 is 14.6 Å². The Hall–Kier alpha value is -2.56. The van der Waals surface area contributed by atoms with Gasteiger partial charge < -0.3 is 15.6 Å². The Morgan fingerprint density at radius 3 is 2.68 bits per heavy atom. The Kier molecular flexibility index (Phi) is 3.66. The first kappa shape index (κ1) is 12.9. The van der Waals surface area contributed by atoms with Crippen molar-refractivity contribution in [3.8, 4) is 5.75 Å². The number of hydrogen-bond acceptors (Lipinski definition) is 4. The summed E-state index contributed by atoms with van der Waals surface area (Å²) >= 11 is 0. The zero-order chi connectivity index (χ0) is 13.8. The molecule has 3 N–H and O–H groups in total. The average molecular weight is 258 g/mol. The molecule has 0 aliphatic carbocycles. The van der Waals surface area contributed by atoms with Crippen LogP contribution in [-0.4, -0.2) is 16.1 Å². The van der Waals surface area contributed by atoms with E-state index in [2.05, 4.69) is 4.98 Å². The number of anilines is 1. The molecule has 0 saturated carbocycles. The molecule has 0 amide bonds. The van der Waals surface area contributed by atoms with Gasteiger partial charge in [0.1, 0.15) is 18.2 Å². The SMILES string of the molecule is Cc1c(OCc2ccccc2)cc(N)nc1C(=O)O. The van der Waals surface area contributed by atoms with Gasteiger partial charge in [-0.05, 0) is 12.5 Å². The maximum absolute atomic E-state index is 11.0. The summed E-state index contributed by atoms with van der Waals surface area (Å²) in [6.45, 7) is 2.00. The van der Waals surface area contributed by atoms with Gasteiger partial charge in [-0.3, -0.25) is 0 Å². The number of aromatic nitrogens is 1. The summed E-state index contributed by atoms with van der Waals surface area (Å²) in [4.78, 5) is 14.8. The van der Waals surface area contributed by atoms with E-state index in [1.54, 1.807) is 6.92 Å². The fraction of sp³-hybridized carbons (Fsp3) is 0.143. The molecule has 5 heteroatoms. The molecule has 0 aliphatic rings. The highest BCUT2D eigenvalue weighted by Crippen LogP contribution is 2.23. The zero-order valence-electron chi connectivity index (χ0n) is 10.5. The van der Waals surface area contributed by atoms with Gasteiger partial charge in [0.15, 0.2) is 5.69 Å². The van der Waals surface area contributed by atoms with E-state index in [9.17, 15) is 4.79 Å². The molecule has 0 unspecified atom stereocenters. The van der Waals surface area contributed by atoms with Crippen LogP contribution in [0.5, 0.6) is 5.75 Å². The molecule has 98 valence electrons. The number of nitrogen functional groups attached to an aromatic ring is 1. The molecule has 1 heterocycles. The molecule has 2 rings (SSSR count). The third-order valence-electron chi connectivity index (χ3n) is 2.68. The normalized spacial score (nSPS) is 10.2. The topological polar surface area (TPSA) is 85.4 Å². The van der Waals surface area contributed by atoms with Crippen LogP contribution >= 0.6 is 0 Å². The molecule has 0 radical (unpaired) electrons. The van der Waals surface area contributed by atoms with Crippen LogP contribution in [0.25, 0.3) is 0 Å². The van der Waals surface area contributed by atoms with Crippen molar-refractivity contribution in [2.24, 2.45) is 0 Å². The number of aromatic carboxylic acids is 1. The summed E-state index contributed by atoms with van der Waals surface area (Å²) in [5, 5.41) is 9.03. The lowest BCUT2D eigenvalue weighted by Gasteiger charge is -2.11. The van der Waals surface area contributed by atoms with Crippen LogP contribution in [0.15, 0.2) is 36.4 Å². The van der Waals surface area contributed by atoms with E-state index in [4.69, 9.17) is 15.6 Å². The maximum atomic E-state index is 11.0. The van der Waals surface area contributed by atoms with E-state index in [0.29, 0.717) is 17.9 Å². The minimum absolute atomic E-state index is 0.0805. The number of pyridine rings is 1. The molecule has 1 aromatic carbocycles. The van der Waals surface area contributed by atoms with Gasteiger partial charge in [0.2, 0.25) is 0 Å². The zero-order valence-corrected chi connectivity index (χ0v) is 10.5. The largest absolute Gasteiger partial charge is 0.488 e. The molecular weight excluding hydrogens is 244 g/mol. The third-order valence-corrected chi connectivity index (χ3v) is 2.68. The molecule has 0 saturated heterocycles. The third kappa shape index (κ3) is 3.01. The first-order valence-corrected chi connectivity index (χ1v) is 5.75. The second-order valence-corrected chi connectivity index (χ2v) is 4.10. The van der Waals surface area contributed by atoms with Gasteiger partial charge in [-0.25, -0.2) is 9.78 Å². The van der Waals surface area contributed by atoms with E-state index < -0.39 is 5.97 Å². The Morgan fingerprint density at radius 2 is 2.05 bits per heavy atom. The van der Waals surface area contributed by atoms with Crippen LogP contribution in [0.1, 0.15) is 21.6 Å². The molecule has 5 nitrogen and oxygen atoms in total. The fourth-order valence-corrected chi connectivity index (χ4v) is 1.70. The number of ether oxygens (including phenoxy) is 1. The Morgan fingerprint density at radius 1 is 1.37 bits per heavy atom. The summed E-state index contributed by atoms with van der Waals surface area (Å²) in [5.41, 5.74) is 6.96. The molecule has 0 bridgehead atoms. The van der Waals surface area contributed by atoms with E-state index in [0.717, 1.165) is 5.56 Å². The Labute approximate surface area is 110 Å². The van der Waals surface area contributed by atoms with Crippen LogP contribution in [-0.2, 0) is 6.61 Å². The number of benzene rings is 1. The number of carbonyl (C=O) groups is 1. The van der Waals surface area contributed by atoms with Crippen molar-refractivity contribution in [2.75, 3.05) is 5.73 Å². The number of nitrogens with zero attached hydrogens (tertiary/aromatic N) is 1. The summed E-state index contributed by atoms with van der Waals surface area (Å²) in [5.74, 6) is -0.547. The lowest BCUT2D eigenvalue weighted by Crippen LogP contribution is -2.08. The Bertz CT molecular complexity index is 597. The smallest absolute Gasteiger partial charge is 0.354 e. The summed E-state index contributed by atoms with van der Waals surface area (Å²) in [7, 11) is 0. The highest BCUT2D eigenvalue weighted by molar-refractivity contribution is 5.88. The molecule has 19 heavy (non-hydrogen) atoms. The number of hydrogen-bond donors (Lipinski definition) is 2. The van der Waals surface area contributed by atoms with Crippen molar-refractivity contribution in [1.29, 1.82) is 0 Å². The van der Waals surface area contributed by atoms with E-state index in [-0.39, 0.29) is 11.5 Å². The first-order valence-electron chi connectivity index (χ1n) is 5.75. The number of carboxylic acids is 1. The Balaban J connectivity index is 2.23. The van der Waals surface area contributed by atoms with Gasteiger partial charge in [-0.1, -0.05) is 30.3 Å². The lowest BCUT2D eigenvalue weighted by molar-refractivity contribution is 0.0689. The van der Waals surface area contributed by atoms with E-state index >= 15 is 0 Å². The van der Waals surface area contributed by atoms with Crippen LogP contribution < -0.4 is 10.5 Å². The number of nitrogens with two attached hydrogens (primary N) is 1. The number of carboxylic acid groups (broad SMARTS) is 1. The quantitative estimate of drug-likeness (QED) is 0.878. The highest BCUT2D eigenvalue weighted by Gasteiger charge is 2.14. The van der Waals surface area contributed by atoms with Gasteiger partial charge in [0.05, 0.1) is 0 Å². The lowest BCUT2D eigenvalue weighted by atomic mass is 10.2. The predicted octanol–water partition coefficient (Wildman–Crippen LogP) is 2.25. The molecular formula is C14H14N2O3. The predicted molar refractivity (Wildman–Crippen MR) is 71.1 cm³/mol. The summed E-state index contributed by atoms with van der Waals surface area (Å²) in [6.07, 6.45) is 0. The van der Waals surface area contributed by atoms with Crippen LogP contribution in [0.3, 0.4) is 0 Å². The molecule has 0 aliphatic heterocycles. The van der Waals surface area contributed by atoms with Crippen molar-refractivity contribution in [2.45, 2.75) is 13.5 Å². The van der Waals surface area contributed by atoms with Gasteiger partial charge in [-0.2, -0.15) is 0 Å².